The van der Waals surface area contributed by atoms with Crippen LogP contribution < -0.4 is 10.1 Å². The van der Waals surface area contributed by atoms with Crippen LogP contribution in [0.25, 0.3) is 0 Å². The molecule has 0 aromatic heterocycles. The van der Waals surface area contributed by atoms with Crippen LogP contribution in [-0.2, 0) is 22.7 Å². The number of piperazine rings is 1. The predicted molar refractivity (Wildman–Crippen MR) is 146 cm³/mol. The zero-order valence-electron chi connectivity index (χ0n) is 19.8. The quantitative estimate of drug-likeness (QED) is 0.405. The molecule has 0 atom stereocenters. The molecule has 0 bridgehead atoms. The van der Waals surface area contributed by atoms with Gasteiger partial charge in [0.05, 0.1) is 0 Å². The molecular formula is C27H24BrCl2N3O4. The van der Waals surface area contributed by atoms with Crippen LogP contribution in [0.2, 0.25) is 10.0 Å². The van der Waals surface area contributed by atoms with Crippen molar-refractivity contribution in [3.8, 4) is 5.75 Å². The highest BCUT2D eigenvalue weighted by Crippen LogP contribution is 2.29. The van der Waals surface area contributed by atoms with Gasteiger partial charge < -0.3 is 19.9 Å². The van der Waals surface area contributed by atoms with E-state index in [1.165, 1.54) is 4.90 Å². The van der Waals surface area contributed by atoms with E-state index in [1.54, 1.807) is 41.3 Å². The van der Waals surface area contributed by atoms with Crippen molar-refractivity contribution in [2.75, 3.05) is 26.2 Å². The van der Waals surface area contributed by atoms with E-state index >= 15 is 0 Å². The largest absolute Gasteiger partial charge is 0.489 e. The minimum atomic E-state index is -0.749. The molecule has 4 rings (SSSR count). The number of amides is 3. The highest BCUT2D eigenvalue weighted by atomic mass is 79.9. The Balaban J connectivity index is 1.25. The van der Waals surface area contributed by atoms with Gasteiger partial charge in [0.1, 0.15) is 12.4 Å². The van der Waals surface area contributed by atoms with E-state index in [-0.39, 0.29) is 25.5 Å². The number of nitrogens with one attached hydrogen (secondary N) is 1. The molecule has 1 heterocycles. The molecule has 0 aliphatic carbocycles. The Bertz CT molecular complexity index is 1260. The molecule has 10 heteroatoms. The summed E-state index contributed by atoms with van der Waals surface area (Å²) in [6.07, 6.45) is 0. The number of nitrogens with zero attached hydrogens (tertiary/aromatic N) is 2. The third-order valence-corrected chi connectivity index (χ3v) is 7.06. The zero-order chi connectivity index (χ0) is 26.4. The van der Waals surface area contributed by atoms with Crippen molar-refractivity contribution >= 4 is 56.9 Å². The van der Waals surface area contributed by atoms with Crippen molar-refractivity contribution in [1.29, 1.82) is 0 Å². The average Bonchev–Trinajstić information content (AvgIpc) is 2.91. The number of rotatable bonds is 6. The van der Waals surface area contributed by atoms with Crippen LogP contribution in [0.15, 0.2) is 71.2 Å². The molecule has 1 aliphatic rings. The van der Waals surface area contributed by atoms with Gasteiger partial charge >= 0.3 is 11.8 Å². The zero-order valence-corrected chi connectivity index (χ0v) is 22.9. The maximum Gasteiger partial charge on any atom is 0.312 e. The van der Waals surface area contributed by atoms with Gasteiger partial charge in [-0.3, -0.25) is 14.4 Å². The van der Waals surface area contributed by atoms with Crippen LogP contribution in [0.5, 0.6) is 5.75 Å². The van der Waals surface area contributed by atoms with Gasteiger partial charge in [-0.2, -0.15) is 0 Å². The topological polar surface area (TPSA) is 79.0 Å². The summed E-state index contributed by atoms with van der Waals surface area (Å²) in [5.74, 6) is -0.865. The first kappa shape index (κ1) is 27.0. The number of ether oxygens (including phenoxy) is 1. The Morgan fingerprint density at radius 3 is 2.08 bits per heavy atom. The van der Waals surface area contributed by atoms with Gasteiger partial charge in [-0.05, 0) is 42.0 Å². The summed E-state index contributed by atoms with van der Waals surface area (Å²) in [6.45, 7) is 1.65. The second-order valence-electron chi connectivity index (χ2n) is 8.41. The summed E-state index contributed by atoms with van der Waals surface area (Å²) in [4.78, 5) is 41.1. The molecule has 7 nitrogen and oxygen atoms in total. The molecule has 192 valence electrons. The van der Waals surface area contributed by atoms with Gasteiger partial charge in [-0.1, -0.05) is 69.5 Å². The molecule has 3 aromatic rings. The first-order valence-electron chi connectivity index (χ1n) is 11.6. The molecule has 0 unspecified atom stereocenters. The van der Waals surface area contributed by atoms with Crippen LogP contribution in [-0.4, -0.2) is 53.7 Å². The lowest BCUT2D eigenvalue weighted by molar-refractivity contribution is -0.146. The van der Waals surface area contributed by atoms with E-state index in [1.807, 2.05) is 30.3 Å². The summed E-state index contributed by atoms with van der Waals surface area (Å²) in [5, 5.41) is 3.34. The lowest BCUT2D eigenvalue weighted by Crippen LogP contribution is -2.53. The standard InChI is InChI=1S/C27H24BrCl2N3O4/c28-20-14-23(29)22(24(30)15-20)16-31-25(34)27(36)33-12-10-32(11-13-33)26(35)19-6-8-21(9-7-19)37-17-18-4-2-1-3-5-18/h1-9,14-15H,10-13,16-17H2,(H,31,34). The SMILES string of the molecule is O=C(NCc1c(Cl)cc(Br)cc1Cl)C(=O)N1CCN(C(=O)c2ccc(OCc3ccccc3)cc2)CC1. The molecule has 37 heavy (non-hydrogen) atoms. The first-order chi connectivity index (χ1) is 17.8. The number of hydrogen-bond donors (Lipinski definition) is 1. The van der Waals surface area contributed by atoms with Gasteiger partial charge in [-0.25, -0.2) is 0 Å². The lowest BCUT2D eigenvalue weighted by Gasteiger charge is -2.34. The van der Waals surface area contributed by atoms with Crippen molar-refractivity contribution < 1.29 is 19.1 Å². The highest BCUT2D eigenvalue weighted by molar-refractivity contribution is 9.10. The molecule has 1 N–H and O–H groups in total. The van der Waals surface area contributed by atoms with Gasteiger partial charge in [0.15, 0.2) is 0 Å². The van der Waals surface area contributed by atoms with E-state index in [9.17, 15) is 14.4 Å². The predicted octanol–water partition coefficient (Wildman–Crippen LogP) is 4.94. The number of hydrogen-bond acceptors (Lipinski definition) is 4. The summed E-state index contributed by atoms with van der Waals surface area (Å²) in [6, 6.07) is 20.2. The van der Waals surface area contributed by atoms with Crippen LogP contribution in [0.4, 0.5) is 0 Å². The average molecular weight is 605 g/mol. The van der Waals surface area contributed by atoms with Crippen molar-refractivity contribution in [3.05, 3.63) is 97.9 Å². The number of benzene rings is 3. The molecule has 1 fully saturated rings. The van der Waals surface area contributed by atoms with Crippen molar-refractivity contribution in [3.63, 3.8) is 0 Å². The van der Waals surface area contributed by atoms with E-state index in [4.69, 9.17) is 27.9 Å². The Morgan fingerprint density at radius 2 is 1.46 bits per heavy atom. The summed E-state index contributed by atoms with van der Waals surface area (Å²) < 4.78 is 6.49. The fourth-order valence-electron chi connectivity index (χ4n) is 3.86. The summed E-state index contributed by atoms with van der Waals surface area (Å²) in [5.41, 5.74) is 2.12. The van der Waals surface area contributed by atoms with Gasteiger partial charge in [0.2, 0.25) is 0 Å². The molecule has 3 aromatic carbocycles. The molecule has 1 saturated heterocycles. The fraction of sp³-hybridized carbons (Fsp3) is 0.222. The molecular weight excluding hydrogens is 581 g/mol. The van der Waals surface area contributed by atoms with Gasteiger partial charge in [0.25, 0.3) is 5.91 Å². The normalized spacial score (nSPS) is 13.3. The van der Waals surface area contributed by atoms with Crippen LogP contribution in [0.3, 0.4) is 0 Å². The number of carbonyl (C=O) groups excluding carboxylic acids is 3. The highest BCUT2D eigenvalue weighted by Gasteiger charge is 2.28. The minimum Gasteiger partial charge on any atom is -0.489 e. The van der Waals surface area contributed by atoms with Crippen LogP contribution in [0, 0.1) is 0 Å². The molecule has 1 aliphatic heterocycles. The third-order valence-electron chi connectivity index (χ3n) is 5.93. The summed E-state index contributed by atoms with van der Waals surface area (Å²) >= 11 is 15.7. The van der Waals surface area contributed by atoms with Crippen LogP contribution in [0.1, 0.15) is 21.5 Å². The number of halogens is 3. The van der Waals surface area contributed by atoms with Gasteiger partial charge in [-0.15, -0.1) is 0 Å². The Morgan fingerprint density at radius 1 is 0.865 bits per heavy atom. The van der Waals surface area contributed by atoms with E-state index in [0.717, 1.165) is 5.56 Å². The maximum absolute atomic E-state index is 12.9. The van der Waals surface area contributed by atoms with Crippen molar-refractivity contribution in [1.82, 2.24) is 15.1 Å². The van der Waals surface area contributed by atoms with E-state index < -0.39 is 11.8 Å². The molecule has 0 spiro atoms. The maximum atomic E-state index is 12.9. The van der Waals surface area contributed by atoms with Crippen molar-refractivity contribution in [2.24, 2.45) is 0 Å². The second kappa shape index (κ2) is 12.4. The van der Waals surface area contributed by atoms with Crippen LogP contribution >= 0.6 is 39.1 Å². The second-order valence-corrected chi connectivity index (χ2v) is 10.1. The Labute approximate surface area is 233 Å². The minimum absolute atomic E-state index is 0.0268. The lowest BCUT2D eigenvalue weighted by atomic mass is 10.1. The Hall–Kier alpha value is -3.07. The van der Waals surface area contributed by atoms with E-state index in [2.05, 4.69) is 21.2 Å². The molecule has 3 amide bonds. The molecule has 0 saturated carbocycles. The summed E-state index contributed by atoms with van der Waals surface area (Å²) in [7, 11) is 0. The smallest absolute Gasteiger partial charge is 0.312 e. The monoisotopic (exact) mass is 603 g/mol. The fourth-order valence-corrected chi connectivity index (χ4v) is 5.20. The molecule has 0 radical (unpaired) electrons. The number of carbonyl (C=O) groups is 3. The third kappa shape index (κ3) is 7.03. The first-order valence-corrected chi connectivity index (χ1v) is 13.1. The van der Waals surface area contributed by atoms with Crippen molar-refractivity contribution in [2.45, 2.75) is 13.2 Å². The van der Waals surface area contributed by atoms with E-state index in [0.29, 0.717) is 51.1 Å². The Kier molecular flexibility index (Phi) is 9.08. The van der Waals surface area contributed by atoms with Gasteiger partial charge in [0, 0.05) is 58.4 Å².